The van der Waals surface area contributed by atoms with E-state index in [0.29, 0.717) is 4.88 Å². The molecule has 0 atom stereocenters. The van der Waals surface area contributed by atoms with Crippen molar-refractivity contribution in [3.63, 3.8) is 0 Å². The number of nitrogens with one attached hydrogen (secondary N) is 1. The van der Waals surface area contributed by atoms with Gasteiger partial charge >= 0.3 is 0 Å². The molecular weight excluding hydrogens is 312 g/mol. The normalized spacial score (nSPS) is 10.2. The van der Waals surface area contributed by atoms with Gasteiger partial charge in [-0.2, -0.15) is 0 Å². The maximum atomic E-state index is 12.0. The van der Waals surface area contributed by atoms with Crippen molar-refractivity contribution in [2.24, 2.45) is 0 Å². The van der Waals surface area contributed by atoms with Crippen LogP contribution in [0.3, 0.4) is 0 Å². The smallest absolute Gasteiger partial charge is 0.266 e. The van der Waals surface area contributed by atoms with Crippen LogP contribution in [0.5, 0.6) is 0 Å². The fourth-order valence-corrected chi connectivity index (χ4v) is 2.93. The van der Waals surface area contributed by atoms with E-state index in [4.69, 9.17) is 0 Å². The van der Waals surface area contributed by atoms with Crippen molar-refractivity contribution in [3.05, 3.63) is 45.1 Å². The second-order valence-electron chi connectivity index (χ2n) is 3.99. The third-order valence-electron chi connectivity index (χ3n) is 2.46. The monoisotopic (exact) mass is 324 g/mol. The summed E-state index contributed by atoms with van der Waals surface area (Å²) in [5, 5.41) is 4.76. The largest absolute Gasteiger partial charge is 0.378 e. The Morgan fingerprint density at radius 2 is 1.89 bits per heavy atom. The Hall–Kier alpha value is -1.33. The number of rotatable bonds is 3. The summed E-state index contributed by atoms with van der Waals surface area (Å²) in [4.78, 5) is 14.7. The number of thiophene rings is 1. The van der Waals surface area contributed by atoms with Gasteiger partial charge in [0.05, 0.1) is 0 Å². The molecule has 0 bridgehead atoms. The molecule has 2 aromatic rings. The molecule has 3 nitrogen and oxygen atoms in total. The van der Waals surface area contributed by atoms with Crippen LogP contribution < -0.4 is 10.2 Å². The summed E-state index contributed by atoms with van der Waals surface area (Å²) in [5.74, 6) is -0.0884. The lowest BCUT2D eigenvalue weighted by atomic mass is 10.2. The first-order chi connectivity index (χ1) is 8.58. The second kappa shape index (κ2) is 5.54. The van der Waals surface area contributed by atoms with Gasteiger partial charge in [-0.15, -0.1) is 11.3 Å². The number of hydrogen-bond acceptors (Lipinski definition) is 3. The van der Waals surface area contributed by atoms with Crippen molar-refractivity contribution in [2.45, 2.75) is 0 Å². The van der Waals surface area contributed by atoms with Crippen LogP contribution in [0.25, 0.3) is 0 Å². The average Bonchev–Trinajstić information content (AvgIpc) is 2.76. The van der Waals surface area contributed by atoms with E-state index in [-0.39, 0.29) is 5.91 Å². The minimum absolute atomic E-state index is 0.0884. The Labute approximate surface area is 119 Å². The molecule has 0 aliphatic carbocycles. The highest BCUT2D eigenvalue weighted by molar-refractivity contribution is 9.10. The van der Waals surface area contributed by atoms with Crippen LogP contribution in [0.1, 0.15) is 9.67 Å². The molecule has 0 fully saturated rings. The van der Waals surface area contributed by atoms with Gasteiger partial charge in [-0.1, -0.05) is 0 Å². The average molecular weight is 325 g/mol. The Balaban J connectivity index is 2.10. The third kappa shape index (κ3) is 2.91. The number of hydrogen-bond donors (Lipinski definition) is 1. The lowest BCUT2D eigenvalue weighted by Crippen LogP contribution is -2.11. The van der Waals surface area contributed by atoms with E-state index in [2.05, 4.69) is 21.2 Å². The summed E-state index contributed by atoms with van der Waals surface area (Å²) in [6.45, 7) is 0. The van der Waals surface area contributed by atoms with Gasteiger partial charge < -0.3 is 10.2 Å². The van der Waals surface area contributed by atoms with E-state index in [0.717, 1.165) is 15.8 Å². The van der Waals surface area contributed by atoms with Crippen LogP contribution in [-0.2, 0) is 0 Å². The van der Waals surface area contributed by atoms with Crippen LogP contribution in [-0.4, -0.2) is 20.0 Å². The summed E-state index contributed by atoms with van der Waals surface area (Å²) in [6, 6.07) is 9.61. The first-order valence-corrected chi connectivity index (χ1v) is 7.07. The molecule has 1 N–H and O–H groups in total. The molecule has 0 aliphatic heterocycles. The van der Waals surface area contributed by atoms with Crippen LogP contribution in [0, 0.1) is 0 Å². The lowest BCUT2D eigenvalue weighted by Gasteiger charge is -2.12. The molecule has 0 unspecified atom stereocenters. The van der Waals surface area contributed by atoms with Gasteiger partial charge in [-0.05, 0) is 51.6 Å². The van der Waals surface area contributed by atoms with E-state index < -0.39 is 0 Å². The molecule has 0 saturated heterocycles. The maximum absolute atomic E-state index is 12.0. The molecule has 0 spiro atoms. The molecule has 1 aromatic carbocycles. The molecule has 2 rings (SSSR count). The fourth-order valence-electron chi connectivity index (χ4n) is 1.49. The van der Waals surface area contributed by atoms with E-state index in [1.165, 1.54) is 11.3 Å². The van der Waals surface area contributed by atoms with Crippen molar-refractivity contribution < 1.29 is 4.79 Å². The maximum Gasteiger partial charge on any atom is 0.266 e. The summed E-state index contributed by atoms with van der Waals surface area (Å²) in [7, 11) is 3.96. The zero-order chi connectivity index (χ0) is 13.1. The van der Waals surface area contributed by atoms with Crippen LogP contribution in [0.4, 0.5) is 11.4 Å². The molecule has 18 heavy (non-hydrogen) atoms. The highest BCUT2D eigenvalue weighted by Crippen LogP contribution is 2.24. The van der Waals surface area contributed by atoms with Gasteiger partial charge in [0.25, 0.3) is 5.91 Å². The fraction of sp³-hybridized carbons (Fsp3) is 0.154. The van der Waals surface area contributed by atoms with Gasteiger partial charge in [0.2, 0.25) is 0 Å². The highest BCUT2D eigenvalue weighted by atomic mass is 79.9. The van der Waals surface area contributed by atoms with Crippen molar-refractivity contribution in [1.82, 2.24) is 0 Å². The van der Waals surface area contributed by atoms with E-state index in [1.54, 1.807) is 0 Å². The number of carbonyl (C=O) groups excluding carboxylic acids is 1. The molecule has 0 radical (unpaired) electrons. The summed E-state index contributed by atoms with van der Waals surface area (Å²) in [6.07, 6.45) is 0. The predicted octanol–water partition coefficient (Wildman–Crippen LogP) is 3.83. The van der Waals surface area contributed by atoms with Crippen molar-refractivity contribution >= 4 is 44.5 Å². The molecule has 1 heterocycles. The Morgan fingerprint density at radius 3 is 2.39 bits per heavy atom. The summed E-state index contributed by atoms with van der Waals surface area (Å²) >= 11 is 4.77. The van der Waals surface area contributed by atoms with Crippen LogP contribution in [0.2, 0.25) is 0 Å². The van der Waals surface area contributed by atoms with Crippen molar-refractivity contribution in [2.75, 3.05) is 24.3 Å². The molecule has 0 aliphatic rings. The standard InChI is InChI=1S/C13H13BrN2OS/c1-16(2)10-5-3-9(4-6-10)15-13(17)12-11(14)7-8-18-12/h3-8H,1-2H3,(H,15,17). The minimum Gasteiger partial charge on any atom is -0.378 e. The van der Waals surface area contributed by atoms with Gasteiger partial charge in [-0.3, -0.25) is 4.79 Å². The highest BCUT2D eigenvalue weighted by Gasteiger charge is 2.11. The molecule has 0 saturated carbocycles. The molecule has 1 amide bonds. The number of benzene rings is 1. The van der Waals surface area contributed by atoms with Crippen LogP contribution in [0.15, 0.2) is 40.2 Å². The third-order valence-corrected chi connectivity index (χ3v) is 4.30. The van der Waals surface area contributed by atoms with E-state index in [1.807, 2.05) is 54.7 Å². The number of amides is 1. The topological polar surface area (TPSA) is 32.3 Å². The number of halogens is 1. The molecule has 94 valence electrons. The lowest BCUT2D eigenvalue weighted by molar-refractivity contribution is 0.103. The van der Waals surface area contributed by atoms with Crippen molar-refractivity contribution in [3.8, 4) is 0 Å². The minimum atomic E-state index is -0.0884. The van der Waals surface area contributed by atoms with Gasteiger partial charge in [0, 0.05) is 29.9 Å². The van der Waals surface area contributed by atoms with Crippen LogP contribution >= 0.6 is 27.3 Å². The van der Waals surface area contributed by atoms with Crippen molar-refractivity contribution in [1.29, 1.82) is 0 Å². The number of nitrogens with zero attached hydrogens (tertiary/aromatic N) is 1. The molecular formula is C13H13BrN2OS. The number of carbonyl (C=O) groups is 1. The number of anilines is 2. The molecule has 1 aromatic heterocycles. The first kappa shape index (κ1) is 13.1. The first-order valence-electron chi connectivity index (χ1n) is 5.39. The second-order valence-corrected chi connectivity index (χ2v) is 5.76. The zero-order valence-electron chi connectivity index (χ0n) is 10.1. The summed E-state index contributed by atoms with van der Waals surface area (Å²) < 4.78 is 0.829. The zero-order valence-corrected chi connectivity index (χ0v) is 12.5. The Morgan fingerprint density at radius 1 is 1.22 bits per heavy atom. The van der Waals surface area contributed by atoms with E-state index in [9.17, 15) is 4.79 Å². The molecule has 5 heteroatoms. The SMILES string of the molecule is CN(C)c1ccc(NC(=O)c2sccc2Br)cc1. The van der Waals surface area contributed by atoms with Gasteiger partial charge in [0.15, 0.2) is 0 Å². The quantitative estimate of drug-likeness (QED) is 0.930. The van der Waals surface area contributed by atoms with Gasteiger partial charge in [-0.25, -0.2) is 0 Å². The van der Waals surface area contributed by atoms with Gasteiger partial charge in [0.1, 0.15) is 4.88 Å². The Kier molecular flexibility index (Phi) is 4.04. The summed E-state index contributed by atoms with van der Waals surface area (Å²) in [5.41, 5.74) is 1.90. The Bertz CT molecular complexity index is 548. The predicted molar refractivity (Wildman–Crippen MR) is 80.7 cm³/mol. The van der Waals surface area contributed by atoms with E-state index >= 15 is 0 Å².